The van der Waals surface area contributed by atoms with Gasteiger partial charge in [-0.3, -0.25) is 0 Å². The molecule has 150 valence electrons. The number of hydrogen-bond donors (Lipinski definition) is 0. The molecule has 0 aliphatic rings. The fourth-order valence-electron chi connectivity index (χ4n) is 2.59. The largest absolute Gasteiger partial charge is 0.463 e. The van der Waals surface area contributed by atoms with E-state index in [0.717, 1.165) is 24.0 Å². The summed E-state index contributed by atoms with van der Waals surface area (Å²) in [5, 5.41) is 0. The summed E-state index contributed by atoms with van der Waals surface area (Å²) in [5.41, 5.74) is 5.85. The standard InChI is InChI=1S/C20H38O4Si2/c1-9-23-19(21)17(15-25(3,4)5)13-11-12-14-18(16-26(6,7)8)20(22)24-10-2/h15-16H,9-14H2,1-8H3/b17-15+,18-16+. The first-order chi connectivity index (χ1) is 11.9. The summed E-state index contributed by atoms with van der Waals surface area (Å²) >= 11 is 0. The average molecular weight is 399 g/mol. The number of hydrogen-bond acceptors (Lipinski definition) is 4. The highest BCUT2D eigenvalue weighted by molar-refractivity contribution is 6.81. The minimum atomic E-state index is -1.50. The molecule has 0 N–H and O–H groups in total. The van der Waals surface area contributed by atoms with E-state index in [-0.39, 0.29) is 11.9 Å². The van der Waals surface area contributed by atoms with Crippen molar-refractivity contribution in [3.8, 4) is 0 Å². The Kier molecular flexibility index (Phi) is 11.0. The van der Waals surface area contributed by atoms with E-state index < -0.39 is 16.1 Å². The minimum absolute atomic E-state index is 0.196. The zero-order valence-electron chi connectivity index (χ0n) is 18.0. The average Bonchev–Trinajstić information content (AvgIpc) is 2.47. The molecule has 0 aromatic heterocycles. The van der Waals surface area contributed by atoms with Crippen LogP contribution in [0.15, 0.2) is 22.5 Å². The first kappa shape index (κ1) is 24.9. The fraction of sp³-hybridized carbons (Fsp3) is 0.700. The monoisotopic (exact) mass is 398 g/mol. The predicted molar refractivity (Wildman–Crippen MR) is 115 cm³/mol. The second-order valence-corrected chi connectivity index (χ2v) is 18.8. The zero-order chi connectivity index (χ0) is 20.4. The van der Waals surface area contributed by atoms with Gasteiger partial charge in [0.2, 0.25) is 0 Å². The molecular weight excluding hydrogens is 360 g/mol. The van der Waals surface area contributed by atoms with Gasteiger partial charge in [-0.1, -0.05) is 50.7 Å². The SMILES string of the molecule is CCOC(=O)/C(=C/[Si](C)(C)C)CCCC/C(=C\[Si](C)(C)C)C(=O)OCC. The molecule has 0 saturated heterocycles. The highest BCUT2D eigenvalue weighted by Gasteiger charge is 2.19. The number of carbonyl (C=O) groups is 2. The van der Waals surface area contributed by atoms with Crippen molar-refractivity contribution in [3.05, 3.63) is 22.5 Å². The van der Waals surface area contributed by atoms with E-state index in [9.17, 15) is 9.59 Å². The Balaban J connectivity index is 4.92. The van der Waals surface area contributed by atoms with Crippen molar-refractivity contribution in [2.75, 3.05) is 13.2 Å². The second-order valence-electron chi connectivity index (χ2n) is 8.72. The molecule has 0 radical (unpaired) electrons. The Hall–Kier alpha value is -1.15. The number of carbonyl (C=O) groups excluding carboxylic acids is 2. The van der Waals surface area contributed by atoms with Crippen LogP contribution in [0.2, 0.25) is 39.3 Å². The van der Waals surface area contributed by atoms with Crippen LogP contribution in [0.3, 0.4) is 0 Å². The van der Waals surface area contributed by atoms with Crippen molar-refractivity contribution in [1.29, 1.82) is 0 Å². The quantitative estimate of drug-likeness (QED) is 0.206. The zero-order valence-corrected chi connectivity index (χ0v) is 20.0. The van der Waals surface area contributed by atoms with E-state index in [1.807, 2.05) is 13.8 Å². The number of unbranched alkanes of at least 4 members (excludes halogenated alkanes) is 1. The summed E-state index contributed by atoms with van der Waals surface area (Å²) < 4.78 is 10.4. The first-order valence-corrected chi connectivity index (χ1v) is 16.8. The molecule has 4 nitrogen and oxygen atoms in total. The lowest BCUT2D eigenvalue weighted by atomic mass is 10.1. The molecule has 0 atom stereocenters. The van der Waals surface area contributed by atoms with Crippen LogP contribution in [0, 0.1) is 0 Å². The molecule has 6 heteroatoms. The third-order valence-corrected chi connectivity index (χ3v) is 5.86. The maximum Gasteiger partial charge on any atom is 0.333 e. The van der Waals surface area contributed by atoms with Crippen LogP contribution in [0.5, 0.6) is 0 Å². The summed E-state index contributed by atoms with van der Waals surface area (Å²) in [4.78, 5) is 24.4. The minimum Gasteiger partial charge on any atom is -0.463 e. The number of rotatable bonds is 11. The lowest BCUT2D eigenvalue weighted by Gasteiger charge is -2.15. The van der Waals surface area contributed by atoms with Gasteiger partial charge < -0.3 is 9.47 Å². The van der Waals surface area contributed by atoms with Crippen LogP contribution in [0.25, 0.3) is 0 Å². The third kappa shape index (κ3) is 12.2. The van der Waals surface area contributed by atoms with Gasteiger partial charge in [0.15, 0.2) is 0 Å². The Morgan fingerprint density at radius 1 is 0.692 bits per heavy atom. The van der Waals surface area contributed by atoms with Crippen LogP contribution < -0.4 is 0 Å². The van der Waals surface area contributed by atoms with E-state index in [2.05, 4.69) is 50.7 Å². The van der Waals surface area contributed by atoms with Crippen molar-refractivity contribution in [2.45, 2.75) is 78.8 Å². The third-order valence-electron chi connectivity index (χ3n) is 3.43. The lowest BCUT2D eigenvalue weighted by Crippen LogP contribution is -2.21. The van der Waals surface area contributed by atoms with Gasteiger partial charge in [-0.15, -0.1) is 0 Å². The highest BCUT2D eigenvalue weighted by atomic mass is 28.3. The summed E-state index contributed by atoms with van der Waals surface area (Å²) in [6.07, 6.45) is 3.12. The van der Waals surface area contributed by atoms with Gasteiger partial charge in [0.25, 0.3) is 0 Å². The molecule has 0 aliphatic heterocycles. The highest BCUT2D eigenvalue weighted by Crippen LogP contribution is 2.19. The molecule has 0 spiro atoms. The Labute approximate surface area is 162 Å². The molecule has 0 aromatic carbocycles. The van der Waals surface area contributed by atoms with E-state index in [1.54, 1.807) is 0 Å². The van der Waals surface area contributed by atoms with Crippen LogP contribution >= 0.6 is 0 Å². The number of ether oxygens (including phenoxy) is 2. The van der Waals surface area contributed by atoms with Crippen molar-refractivity contribution >= 4 is 28.1 Å². The normalized spacial score (nSPS) is 13.5. The van der Waals surface area contributed by atoms with Gasteiger partial charge in [-0.25, -0.2) is 9.59 Å². The first-order valence-electron chi connectivity index (χ1n) is 9.67. The Bertz CT molecular complexity index is 475. The maximum absolute atomic E-state index is 12.2. The van der Waals surface area contributed by atoms with Crippen LogP contribution in [0.1, 0.15) is 39.5 Å². The number of esters is 2. The molecule has 0 unspecified atom stereocenters. The molecule has 0 bridgehead atoms. The van der Waals surface area contributed by atoms with Crippen molar-refractivity contribution in [2.24, 2.45) is 0 Å². The molecule has 0 aromatic rings. The maximum atomic E-state index is 12.2. The van der Waals surface area contributed by atoms with Gasteiger partial charge in [-0.05, 0) is 39.5 Å². The molecule has 0 amide bonds. The van der Waals surface area contributed by atoms with Crippen LogP contribution in [-0.2, 0) is 19.1 Å². The van der Waals surface area contributed by atoms with E-state index >= 15 is 0 Å². The summed E-state index contributed by atoms with van der Waals surface area (Å²) in [5.74, 6) is -0.392. The van der Waals surface area contributed by atoms with Gasteiger partial charge in [0.05, 0.1) is 29.4 Å². The molecule has 26 heavy (non-hydrogen) atoms. The smallest absolute Gasteiger partial charge is 0.333 e. The van der Waals surface area contributed by atoms with E-state index in [4.69, 9.17) is 9.47 Å². The van der Waals surface area contributed by atoms with Gasteiger partial charge >= 0.3 is 11.9 Å². The topological polar surface area (TPSA) is 52.6 Å². The lowest BCUT2D eigenvalue weighted by molar-refractivity contribution is -0.139. The molecule has 0 saturated carbocycles. The summed E-state index contributed by atoms with van der Waals surface area (Å²) in [6, 6.07) is 0. The summed E-state index contributed by atoms with van der Waals surface area (Å²) in [6.45, 7) is 17.7. The summed E-state index contributed by atoms with van der Waals surface area (Å²) in [7, 11) is -2.99. The van der Waals surface area contributed by atoms with Gasteiger partial charge in [-0.2, -0.15) is 0 Å². The van der Waals surface area contributed by atoms with Gasteiger partial charge in [0.1, 0.15) is 0 Å². The molecule has 0 rings (SSSR count). The predicted octanol–water partition coefficient (Wildman–Crippen LogP) is 5.28. The van der Waals surface area contributed by atoms with E-state index in [0.29, 0.717) is 26.1 Å². The Morgan fingerprint density at radius 2 is 1.00 bits per heavy atom. The van der Waals surface area contributed by atoms with Crippen LogP contribution in [-0.4, -0.2) is 41.3 Å². The second kappa shape index (κ2) is 11.5. The van der Waals surface area contributed by atoms with Crippen molar-refractivity contribution < 1.29 is 19.1 Å². The molecule has 0 aliphatic carbocycles. The Morgan fingerprint density at radius 3 is 1.23 bits per heavy atom. The van der Waals surface area contributed by atoms with Crippen molar-refractivity contribution in [3.63, 3.8) is 0 Å². The fourth-order valence-corrected chi connectivity index (χ4v) is 5.21. The van der Waals surface area contributed by atoms with E-state index in [1.165, 1.54) is 0 Å². The molecular formula is C20H38O4Si2. The van der Waals surface area contributed by atoms with Crippen molar-refractivity contribution in [1.82, 2.24) is 0 Å². The molecule has 0 heterocycles. The molecule has 0 fully saturated rings. The van der Waals surface area contributed by atoms with Crippen LogP contribution in [0.4, 0.5) is 0 Å². The van der Waals surface area contributed by atoms with Gasteiger partial charge in [0, 0.05) is 11.1 Å².